The lowest BCUT2D eigenvalue weighted by atomic mass is 9.95. The first-order chi connectivity index (χ1) is 19.4. The van der Waals surface area contributed by atoms with Crippen LogP contribution < -0.4 is 5.32 Å². The molecule has 0 aromatic heterocycles. The van der Waals surface area contributed by atoms with E-state index in [2.05, 4.69) is 5.32 Å². The van der Waals surface area contributed by atoms with E-state index in [-0.39, 0.29) is 19.1 Å². The highest BCUT2D eigenvalue weighted by Gasteiger charge is 2.27. The third-order valence-corrected chi connectivity index (χ3v) is 7.76. The summed E-state index contributed by atoms with van der Waals surface area (Å²) >= 11 is 1.42. The fourth-order valence-electron chi connectivity index (χ4n) is 4.35. The monoisotopic (exact) mass is 565 g/mol. The van der Waals surface area contributed by atoms with Gasteiger partial charge in [-0.25, -0.2) is 4.79 Å². The van der Waals surface area contributed by atoms with E-state index < -0.39 is 30.0 Å². The van der Waals surface area contributed by atoms with Gasteiger partial charge in [-0.3, -0.25) is 9.59 Å². The van der Waals surface area contributed by atoms with Crippen molar-refractivity contribution in [2.75, 3.05) is 18.1 Å². The molecule has 0 radical (unpaired) electrons. The highest BCUT2D eigenvalue weighted by Crippen LogP contribution is 2.24. The summed E-state index contributed by atoms with van der Waals surface area (Å²) in [6, 6.07) is 22.8. The van der Waals surface area contributed by atoms with E-state index in [0.717, 1.165) is 34.7 Å². The zero-order valence-corrected chi connectivity index (χ0v) is 24.0. The van der Waals surface area contributed by atoms with Crippen LogP contribution in [-0.2, 0) is 36.9 Å². The quantitative estimate of drug-likeness (QED) is 0.234. The maximum Gasteiger partial charge on any atom is 0.328 e. The molecular weight excluding hydrogens is 526 g/mol. The molecule has 40 heavy (non-hydrogen) atoms. The topological polar surface area (TPSA) is 102 Å². The van der Waals surface area contributed by atoms with Gasteiger partial charge >= 0.3 is 11.9 Å². The van der Waals surface area contributed by atoms with Crippen molar-refractivity contribution in [3.8, 4) is 0 Å². The highest BCUT2D eigenvalue weighted by atomic mass is 32.2. The highest BCUT2D eigenvalue weighted by molar-refractivity contribution is 7.99. The van der Waals surface area contributed by atoms with Crippen LogP contribution in [0.5, 0.6) is 0 Å². The summed E-state index contributed by atoms with van der Waals surface area (Å²) in [6.45, 7) is 3.39. The first-order valence-electron chi connectivity index (χ1n) is 13.7. The molecule has 3 rings (SSSR count). The Morgan fingerprint density at radius 3 is 2.40 bits per heavy atom. The lowest BCUT2D eigenvalue weighted by Gasteiger charge is -2.23. The van der Waals surface area contributed by atoms with Crippen molar-refractivity contribution in [2.45, 2.75) is 58.3 Å². The fraction of sp³-hybridized carbons (Fsp3) is 0.406. The molecule has 0 saturated heterocycles. The SMILES string of the molecule is CCCC[C@H](NC(=O)[C@@H](CSCC(O)COC(C)=O)Cc1cccc2ccccc12)C(=O)OCc1ccccc1. The van der Waals surface area contributed by atoms with Gasteiger partial charge < -0.3 is 19.9 Å². The van der Waals surface area contributed by atoms with Gasteiger partial charge in [0.05, 0.1) is 12.0 Å². The standard InChI is InChI=1S/C32H39NO6S/c1-3-4-17-30(32(37)39-19-24-11-6-5-7-12-24)33-31(36)27(21-40-22-28(35)20-38-23(2)34)18-26-15-10-14-25-13-8-9-16-29(25)26/h5-16,27-28,30,35H,3-4,17-22H2,1-2H3,(H,33,36)/t27-,28?,30+/m1/s1. The number of aliphatic hydroxyl groups is 1. The molecule has 0 bridgehead atoms. The Balaban J connectivity index is 1.72. The molecule has 0 fully saturated rings. The Kier molecular flexibility index (Phi) is 13.0. The first kappa shape index (κ1) is 31.2. The van der Waals surface area contributed by atoms with Crippen LogP contribution in [-0.4, -0.2) is 53.2 Å². The Bertz CT molecular complexity index is 1230. The molecule has 0 spiro atoms. The minimum absolute atomic E-state index is 0.0884. The van der Waals surface area contributed by atoms with Crippen molar-refractivity contribution < 1.29 is 29.0 Å². The number of esters is 2. The third kappa shape index (κ3) is 10.3. The molecular formula is C32H39NO6S. The molecule has 3 aromatic rings. The number of thioether (sulfide) groups is 1. The van der Waals surface area contributed by atoms with Crippen LogP contribution >= 0.6 is 11.8 Å². The Hall–Kier alpha value is -3.36. The summed E-state index contributed by atoms with van der Waals surface area (Å²) in [5, 5.41) is 15.3. The van der Waals surface area contributed by atoms with Crippen molar-refractivity contribution in [3.63, 3.8) is 0 Å². The number of amides is 1. The predicted octanol–water partition coefficient (Wildman–Crippen LogP) is 5.07. The first-order valence-corrected chi connectivity index (χ1v) is 14.9. The Morgan fingerprint density at radius 1 is 0.925 bits per heavy atom. The second-order valence-electron chi connectivity index (χ2n) is 9.83. The fourth-order valence-corrected chi connectivity index (χ4v) is 5.41. The number of ether oxygens (including phenoxy) is 2. The average Bonchev–Trinajstić information content (AvgIpc) is 2.97. The summed E-state index contributed by atoms with van der Waals surface area (Å²) in [7, 11) is 0. The van der Waals surface area contributed by atoms with Gasteiger partial charge in [-0.2, -0.15) is 11.8 Å². The van der Waals surface area contributed by atoms with Crippen LogP contribution in [0.15, 0.2) is 72.8 Å². The maximum absolute atomic E-state index is 13.7. The van der Waals surface area contributed by atoms with Gasteiger partial charge in [0.15, 0.2) is 0 Å². The van der Waals surface area contributed by atoms with Crippen molar-refractivity contribution >= 4 is 40.4 Å². The number of hydrogen-bond donors (Lipinski definition) is 2. The average molecular weight is 566 g/mol. The van der Waals surface area contributed by atoms with Crippen LogP contribution in [0.2, 0.25) is 0 Å². The van der Waals surface area contributed by atoms with E-state index in [1.54, 1.807) is 0 Å². The zero-order valence-electron chi connectivity index (χ0n) is 23.2. The summed E-state index contributed by atoms with van der Waals surface area (Å²) in [6.07, 6.45) is 1.79. The molecule has 3 aromatic carbocycles. The Morgan fingerprint density at radius 2 is 1.65 bits per heavy atom. The molecule has 2 N–H and O–H groups in total. The molecule has 0 saturated carbocycles. The molecule has 0 aliphatic carbocycles. The largest absolute Gasteiger partial charge is 0.463 e. The number of aliphatic hydroxyl groups excluding tert-OH is 1. The maximum atomic E-state index is 13.7. The van der Waals surface area contributed by atoms with Crippen LogP contribution in [0.3, 0.4) is 0 Å². The Labute approximate surface area is 240 Å². The van der Waals surface area contributed by atoms with Gasteiger partial charge in [-0.1, -0.05) is 92.6 Å². The second kappa shape index (κ2) is 16.7. The summed E-state index contributed by atoms with van der Waals surface area (Å²) in [5.74, 6) is -0.847. The molecule has 1 amide bonds. The van der Waals surface area contributed by atoms with Crippen LogP contribution in [0.4, 0.5) is 0 Å². The summed E-state index contributed by atoms with van der Waals surface area (Å²) in [4.78, 5) is 37.7. The number of hydrogen-bond acceptors (Lipinski definition) is 7. The van der Waals surface area contributed by atoms with Crippen LogP contribution in [0.25, 0.3) is 10.8 Å². The van der Waals surface area contributed by atoms with E-state index in [1.165, 1.54) is 18.7 Å². The van der Waals surface area contributed by atoms with Crippen LogP contribution in [0, 0.1) is 5.92 Å². The number of fused-ring (bicyclic) bond motifs is 1. The smallest absolute Gasteiger partial charge is 0.328 e. The van der Waals surface area contributed by atoms with Gasteiger partial charge in [0.1, 0.15) is 19.3 Å². The van der Waals surface area contributed by atoms with Gasteiger partial charge in [-0.05, 0) is 34.7 Å². The normalized spacial score (nSPS) is 13.3. The number of carbonyl (C=O) groups excluding carboxylic acids is 3. The predicted molar refractivity (Wildman–Crippen MR) is 159 cm³/mol. The van der Waals surface area contributed by atoms with E-state index in [4.69, 9.17) is 9.47 Å². The molecule has 214 valence electrons. The molecule has 7 nitrogen and oxygen atoms in total. The van der Waals surface area contributed by atoms with E-state index >= 15 is 0 Å². The number of nitrogens with one attached hydrogen (secondary N) is 1. The molecule has 0 aliphatic heterocycles. The van der Waals surface area contributed by atoms with E-state index in [1.807, 2.05) is 79.7 Å². The van der Waals surface area contributed by atoms with Crippen LogP contribution in [0.1, 0.15) is 44.2 Å². The minimum atomic E-state index is -0.833. The lowest BCUT2D eigenvalue weighted by Crippen LogP contribution is -2.45. The number of unbranched alkanes of at least 4 members (excludes halogenated alkanes) is 1. The molecule has 1 unspecified atom stereocenters. The zero-order chi connectivity index (χ0) is 28.7. The van der Waals surface area contributed by atoms with Crippen molar-refractivity contribution in [1.82, 2.24) is 5.32 Å². The minimum Gasteiger partial charge on any atom is -0.463 e. The molecule has 8 heteroatoms. The summed E-state index contributed by atoms with van der Waals surface area (Å²) < 4.78 is 10.5. The van der Waals surface area contributed by atoms with Gasteiger partial charge in [0.25, 0.3) is 0 Å². The number of benzene rings is 3. The third-order valence-electron chi connectivity index (χ3n) is 6.50. The molecule has 0 aliphatic rings. The van der Waals surface area contributed by atoms with E-state index in [9.17, 15) is 19.5 Å². The van der Waals surface area contributed by atoms with E-state index in [0.29, 0.717) is 24.3 Å². The van der Waals surface area contributed by atoms with Gasteiger partial charge in [-0.15, -0.1) is 0 Å². The van der Waals surface area contributed by atoms with Crippen molar-refractivity contribution in [2.24, 2.45) is 5.92 Å². The second-order valence-corrected chi connectivity index (χ2v) is 10.9. The number of carbonyl (C=O) groups is 3. The van der Waals surface area contributed by atoms with Crippen molar-refractivity contribution in [3.05, 3.63) is 83.9 Å². The number of rotatable bonds is 16. The molecule has 3 atom stereocenters. The molecule has 0 heterocycles. The van der Waals surface area contributed by atoms with Crippen molar-refractivity contribution in [1.29, 1.82) is 0 Å². The lowest BCUT2D eigenvalue weighted by molar-refractivity contribution is -0.149. The summed E-state index contributed by atoms with van der Waals surface area (Å²) in [5.41, 5.74) is 1.92. The van der Waals surface area contributed by atoms with Gasteiger partial charge in [0, 0.05) is 18.4 Å². The van der Waals surface area contributed by atoms with Gasteiger partial charge in [0.2, 0.25) is 5.91 Å².